The van der Waals surface area contributed by atoms with Gasteiger partial charge in [0.2, 0.25) is 0 Å². The van der Waals surface area contributed by atoms with Gasteiger partial charge in [-0.2, -0.15) is 0 Å². The van der Waals surface area contributed by atoms with Gasteiger partial charge in [0.25, 0.3) is 0 Å². The summed E-state index contributed by atoms with van der Waals surface area (Å²) in [6.45, 7) is 0.0142. The molecule has 0 amide bonds. The number of ether oxygens (including phenoxy) is 2. The van der Waals surface area contributed by atoms with Crippen molar-refractivity contribution in [2.75, 3.05) is 14.2 Å². The number of hydrogen-bond donors (Lipinski definition) is 1. The van der Waals surface area contributed by atoms with Crippen LogP contribution in [0.1, 0.15) is 5.56 Å². The Morgan fingerprint density at radius 2 is 1.77 bits per heavy atom. The molecule has 0 aliphatic carbocycles. The average molecular weight is 186 g/mol. The maximum atomic E-state index is 8.82. The Morgan fingerprint density at radius 3 is 2.23 bits per heavy atom. The van der Waals surface area contributed by atoms with Crippen LogP contribution in [0.3, 0.4) is 0 Å². The molecule has 0 heterocycles. The molecule has 0 radical (unpaired) electrons. The molecule has 13 heavy (non-hydrogen) atoms. The number of benzene rings is 1. The zero-order valence-electron chi connectivity index (χ0n) is 7.70. The first-order valence-electron chi connectivity index (χ1n) is 3.63. The van der Waals surface area contributed by atoms with Gasteiger partial charge in [-0.1, -0.05) is 6.07 Å². The molecule has 0 aromatic heterocycles. The van der Waals surface area contributed by atoms with Crippen molar-refractivity contribution in [2.45, 2.75) is 6.61 Å². The van der Waals surface area contributed by atoms with Crippen molar-refractivity contribution in [3.05, 3.63) is 23.8 Å². The molecule has 1 aromatic carbocycles. The predicted octanol–water partition coefficient (Wildman–Crippen LogP) is 0.371. The van der Waals surface area contributed by atoms with Crippen LogP contribution < -0.4 is 9.47 Å². The van der Waals surface area contributed by atoms with E-state index in [4.69, 9.17) is 14.6 Å². The van der Waals surface area contributed by atoms with E-state index in [1.165, 1.54) is 0 Å². The lowest BCUT2D eigenvalue weighted by Crippen LogP contribution is -1.92. The maximum absolute atomic E-state index is 8.82. The summed E-state index contributed by atoms with van der Waals surface area (Å²) in [4.78, 5) is 0. The summed E-state index contributed by atoms with van der Waals surface area (Å²) in [5.74, 6) is 1.32. The van der Waals surface area contributed by atoms with Crippen LogP contribution in [0.15, 0.2) is 18.2 Å². The van der Waals surface area contributed by atoms with Gasteiger partial charge in [0.15, 0.2) is 11.5 Å². The molecule has 0 saturated heterocycles. The van der Waals surface area contributed by atoms with E-state index in [2.05, 4.69) is 0 Å². The maximum Gasteiger partial charge on any atom is 0.161 e. The molecule has 74 valence electrons. The van der Waals surface area contributed by atoms with E-state index in [1.54, 1.807) is 32.4 Å². The first kappa shape index (κ1) is 11.7. The first-order valence-corrected chi connectivity index (χ1v) is 3.63. The largest absolute Gasteiger partial charge is 0.493 e. The normalized spacial score (nSPS) is 8.85. The first-order chi connectivity index (χ1) is 5.81. The highest BCUT2D eigenvalue weighted by molar-refractivity contribution is 5.42. The minimum absolute atomic E-state index is 0. The monoisotopic (exact) mass is 186 g/mol. The minimum atomic E-state index is 0. The Balaban J connectivity index is 0.00000144. The van der Waals surface area contributed by atoms with Gasteiger partial charge in [-0.25, -0.2) is 0 Å². The van der Waals surface area contributed by atoms with Crippen LogP contribution in [-0.4, -0.2) is 24.8 Å². The van der Waals surface area contributed by atoms with E-state index in [-0.39, 0.29) is 12.1 Å². The van der Waals surface area contributed by atoms with Crippen molar-refractivity contribution in [1.82, 2.24) is 0 Å². The summed E-state index contributed by atoms with van der Waals surface area (Å²) in [5, 5.41) is 8.82. The lowest BCUT2D eigenvalue weighted by Gasteiger charge is -2.07. The van der Waals surface area contributed by atoms with Gasteiger partial charge in [0, 0.05) is 0 Å². The summed E-state index contributed by atoms with van der Waals surface area (Å²) in [6.07, 6.45) is 0. The van der Waals surface area contributed by atoms with Gasteiger partial charge in [-0.15, -0.1) is 0 Å². The second-order valence-corrected chi connectivity index (χ2v) is 2.35. The van der Waals surface area contributed by atoms with Gasteiger partial charge < -0.3 is 20.1 Å². The lowest BCUT2D eigenvalue weighted by molar-refractivity contribution is 0.280. The zero-order valence-corrected chi connectivity index (χ0v) is 7.70. The van der Waals surface area contributed by atoms with Gasteiger partial charge in [-0.3, -0.25) is 0 Å². The Hall–Kier alpha value is -1.26. The van der Waals surface area contributed by atoms with Crippen LogP contribution in [0.25, 0.3) is 0 Å². The third-order valence-electron chi connectivity index (χ3n) is 1.63. The van der Waals surface area contributed by atoms with Crippen LogP contribution >= 0.6 is 0 Å². The molecule has 0 fully saturated rings. The molecule has 0 unspecified atom stereocenters. The number of rotatable bonds is 3. The van der Waals surface area contributed by atoms with Gasteiger partial charge >= 0.3 is 0 Å². The Kier molecular flexibility index (Phi) is 4.87. The molecule has 0 atom stereocenters. The van der Waals surface area contributed by atoms with E-state index < -0.39 is 0 Å². The molecule has 0 saturated carbocycles. The molecule has 0 aliphatic rings. The highest BCUT2D eigenvalue weighted by Gasteiger charge is 2.02. The Bertz CT molecular complexity index is 260. The summed E-state index contributed by atoms with van der Waals surface area (Å²) in [7, 11) is 3.15. The highest BCUT2D eigenvalue weighted by atomic mass is 16.5. The Labute approximate surface area is 77.0 Å². The summed E-state index contributed by atoms with van der Waals surface area (Å²) < 4.78 is 10.1. The number of hydrogen-bond acceptors (Lipinski definition) is 3. The summed E-state index contributed by atoms with van der Waals surface area (Å²) >= 11 is 0. The highest BCUT2D eigenvalue weighted by Crippen LogP contribution is 2.27. The number of aliphatic hydroxyl groups is 1. The second-order valence-electron chi connectivity index (χ2n) is 2.35. The van der Waals surface area contributed by atoms with E-state index in [0.717, 1.165) is 5.56 Å². The fraction of sp³-hybridized carbons (Fsp3) is 0.333. The van der Waals surface area contributed by atoms with Crippen molar-refractivity contribution in [3.63, 3.8) is 0 Å². The van der Waals surface area contributed by atoms with Gasteiger partial charge in [0.05, 0.1) is 20.8 Å². The van der Waals surface area contributed by atoms with Crippen molar-refractivity contribution in [1.29, 1.82) is 0 Å². The van der Waals surface area contributed by atoms with E-state index in [9.17, 15) is 0 Å². The Morgan fingerprint density at radius 1 is 1.15 bits per heavy atom. The second kappa shape index (κ2) is 5.40. The molecule has 0 aliphatic heterocycles. The van der Waals surface area contributed by atoms with Gasteiger partial charge in [0.1, 0.15) is 0 Å². The van der Waals surface area contributed by atoms with Crippen LogP contribution in [0.4, 0.5) is 0 Å². The third kappa shape index (κ3) is 2.61. The molecule has 1 rings (SSSR count). The fourth-order valence-corrected chi connectivity index (χ4v) is 0.979. The molecule has 4 heteroatoms. The quantitative estimate of drug-likeness (QED) is 0.741. The molecular weight excluding hydrogens is 172 g/mol. The standard InChI is InChI=1S/C9H12O3.H2O/c1-11-8-4-3-7(6-10)5-9(8)12-2;/h3-5,10H,6H2,1-2H3;1H2. The van der Waals surface area contributed by atoms with Crippen molar-refractivity contribution in [2.24, 2.45) is 0 Å². The minimum Gasteiger partial charge on any atom is -0.493 e. The molecule has 0 bridgehead atoms. The summed E-state index contributed by atoms with van der Waals surface area (Å²) in [6, 6.07) is 5.31. The van der Waals surface area contributed by atoms with E-state index in [0.29, 0.717) is 11.5 Å². The number of aliphatic hydroxyl groups excluding tert-OH is 1. The van der Waals surface area contributed by atoms with Crippen molar-refractivity contribution >= 4 is 0 Å². The predicted molar refractivity (Wildman–Crippen MR) is 49.1 cm³/mol. The van der Waals surface area contributed by atoms with Gasteiger partial charge in [-0.05, 0) is 17.7 Å². The average Bonchev–Trinajstić information content (AvgIpc) is 2.16. The molecular formula is C9H14O4. The van der Waals surface area contributed by atoms with Crippen LogP contribution in [0.2, 0.25) is 0 Å². The molecule has 0 spiro atoms. The zero-order chi connectivity index (χ0) is 8.97. The van der Waals surface area contributed by atoms with Crippen molar-refractivity contribution < 1.29 is 20.1 Å². The molecule has 3 N–H and O–H groups in total. The van der Waals surface area contributed by atoms with Crippen molar-refractivity contribution in [3.8, 4) is 11.5 Å². The van der Waals surface area contributed by atoms with Crippen LogP contribution in [-0.2, 0) is 6.61 Å². The lowest BCUT2D eigenvalue weighted by atomic mass is 10.2. The fourth-order valence-electron chi connectivity index (χ4n) is 0.979. The molecule has 1 aromatic rings. The smallest absolute Gasteiger partial charge is 0.161 e. The van der Waals surface area contributed by atoms with E-state index >= 15 is 0 Å². The molecule has 4 nitrogen and oxygen atoms in total. The number of methoxy groups -OCH3 is 2. The SMILES string of the molecule is COc1ccc(CO)cc1OC.O. The summed E-state index contributed by atoms with van der Waals surface area (Å²) in [5.41, 5.74) is 0.813. The van der Waals surface area contributed by atoms with Crippen LogP contribution in [0, 0.1) is 0 Å². The van der Waals surface area contributed by atoms with E-state index in [1.807, 2.05) is 0 Å². The topological polar surface area (TPSA) is 70.2 Å². The van der Waals surface area contributed by atoms with Crippen LogP contribution in [0.5, 0.6) is 11.5 Å². The third-order valence-corrected chi connectivity index (χ3v) is 1.63.